The third kappa shape index (κ3) is 3.00. The van der Waals surface area contributed by atoms with Gasteiger partial charge in [0.15, 0.2) is 0 Å². The van der Waals surface area contributed by atoms with Gasteiger partial charge in [-0.2, -0.15) is 5.10 Å². The molecule has 0 atom stereocenters. The van der Waals surface area contributed by atoms with Gasteiger partial charge < -0.3 is 10.5 Å². The van der Waals surface area contributed by atoms with Crippen molar-refractivity contribution >= 4 is 35.4 Å². The number of halogens is 2. The molecule has 2 N–H and O–H groups in total. The number of nitrogens with two attached hydrogens (primary N) is 1. The van der Waals surface area contributed by atoms with Crippen molar-refractivity contribution in [1.29, 1.82) is 0 Å². The number of aromatic nitrogens is 2. The molecule has 1 heterocycles. The van der Waals surface area contributed by atoms with E-state index in [9.17, 15) is 0 Å². The molecule has 5 nitrogen and oxygen atoms in total. The van der Waals surface area contributed by atoms with Crippen LogP contribution in [-0.2, 0) is 0 Å². The van der Waals surface area contributed by atoms with Crippen LogP contribution in [0.2, 0.25) is 10.0 Å². The van der Waals surface area contributed by atoms with Crippen LogP contribution in [0.1, 0.15) is 11.3 Å². The van der Waals surface area contributed by atoms with Crippen LogP contribution in [0, 0.1) is 6.92 Å². The van der Waals surface area contributed by atoms with E-state index in [-0.39, 0.29) is 0 Å². The number of ether oxygens (including phenoxy) is 1. The number of methoxy groups -OCH3 is 1. The van der Waals surface area contributed by atoms with Gasteiger partial charge in [0.05, 0.1) is 30.2 Å². The lowest BCUT2D eigenvalue weighted by Gasteiger charge is -2.07. The highest BCUT2D eigenvalue weighted by atomic mass is 35.5. The molecule has 0 saturated heterocycles. The van der Waals surface area contributed by atoms with Gasteiger partial charge in [-0.3, -0.25) is 0 Å². The number of hydrogen-bond donors (Lipinski definition) is 1. The molecule has 0 bridgehead atoms. The number of anilines is 1. The zero-order valence-corrected chi connectivity index (χ0v) is 11.9. The second kappa shape index (κ2) is 5.50. The Labute approximate surface area is 120 Å². The maximum Gasteiger partial charge on any atom is 0.221 e. The summed E-state index contributed by atoms with van der Waals surface area (Å²) in [6.45, 7) is 1.83. The molecule has 1 aromatic carbocycles. The van der Waals surface area contributed by atoms with Gasteiger partial charge >= 0.3 is 0 Å². The Balaban J connectivity index is 2.40. The lowest BCUT2D eigenvalue weighted by atomic mass is 10.2. The Hall–Kier alpha value is -1.72. The second-order valence-corrected chi connectivity index (χ2v) is 4.68. The Bertz CT molecular complexity index is 637. The Kier molecular flexibility index (Phi) is 3.97. The topological polar surface area (TPSA) is 65.4 Å². The summed E-state index contributed by atoms with van der Waals surface area (Å²) in [5.41, 5.74) is 7.13. The van der Waals surface area contributed by atoms with Crippen molar-refractivity contribution in [3.05, 3.63) is 39.6 Å². The van der Waals surface area contributed by atoms with Crippen LogP contribution in [0.15, 0.2) is 23.4 Å². The zero-order chi connectivity index (χ0) is 14.0. The molecule has 2 rings (SSSR count). The van der Waals surface area contributed by atoms with E-state index in [2.05, 4.69) is 10.1 Å². The van der Waals surface area contributed by atoms with Gasteiger partial charge in [0.25, 0.3) is 0 Å². The molecular weight excluding hydrogens is 287 g/mol. The van der Waals surface area contributed by atoms with Gasteiger partial charge in [-0.05, 0) is 19.1 Å². The van der Waals surface area contributed by atoms with E-state index >= 15 is 0 Å². The molecule has 2 aromatic rings. The quantitative estimate of drug-likeness (QED) is 0.886. The van der Waals surface area contributed by atoms with E-state index in [0.29, 0.717) is 27.3 Å². The van der Waals surface area contributed by atoms with Crippen LogP contribution in [0.5, 0.6) is 5.75 Å². The van der Waals surface area contributed by atoms with Gasteiger partial charge in [-0.25, -0.2) is 9.66 Å². The van der Waals surface area contributed by atoms with Crippen LogP contribution in [0.3, 0.4) is 0 Å². The van der Waals surface area contributed by atoms with E-state index in [0.717, 1.165) is 5.69 Å². The number of imidazole rings is 1. The van der Waals surface area contributed by atoms with Gasteiger partial charge in [-0.1, -0.05) is 23.2 Å². The molecule has 100 valence electrons. The lowest BCUT2D eigenvalue weighted by molar-refractivity contribution is 0.414. The van der Waals surface area contributed by atoms with Crippen LogP contribution >= 0.6 is 23.2 Å². The van der Waals surface area contributed by atoms with Crippen LogP contribution in [0.4, 0.5) is 5.95 Å². The third-order valence-electron chi connectivity index (χ3n) is 2.40. The molecule has 0 aliphatic carbocycles. The predicted molar refractivity (Wildman–Crippen MR) is 77.4 cm³/mol. The average Bonchev–Trinajstić information content (AvgIpc) is 2.64. The average molecular weight is 299 g/mol. The van der Waals surface area contributed by atoms with Crippen molar-refractivity contribution in [3.63, 3.8) is 0 Å². The summed E-state index contributed by atoms with van der Waals surface area (Å²) < 4.78 is 6.68. The van der Waals surface area contributed by atoms with Crippen LogP contribution in [0.25, 0.3) is 0 Å². The highest BCUT2D eigenvalue weighted by Gasteiger charge is 2.08. The van der Waals surface area contributed by atoms with Crippen LogP contribution in [-0.4, -0.2) is 23.0 Å². The molecule has 1 aromatic heterocycles. The first-order chi connectivity index (χ1) is 9.01. The largest absolute Gasteiger partial charge is 0.495 e. The van der Waals surface area contributed by atoms with E-state index in [1.54, 1.807) is 24.5 Å². The maximum atomic E-state index is 6.04. The Morgan fingerprint density at radius 1 is 1.42 bits per heavy atom. The van der Waals surface area contributed by atoms with Crippen LogP contribution < -0.4 is 10.5 Å². The fraction of sp³-hybridized carbons (Fsp3) is 0.167. The van der Waals surface area contributed by atoms with Gasteiger partial charge in [-0.15, -0.1) is 0 Å². The molecule has 0 saturated carbocycles. The highest BCUT2D eigenvalue weighted by Crippen LogP contribution is 2.31. The normalized spacial score (nSPS) is 11.2. The van der Waals surface area contributed by atoms with Crippen molar-refractivity contribution < 1.29 is 4.74 Å². The van der Waals surface area contributed by atoms with Crippen molar-refractivity contribution in [2.24, 2.45) is 5.10 Å². The minimum absolute atomic E-state index is 0.306. The summed E-state index contributed by atoms with van der Waals surface area (Å²) in [6, 6.07) is 3.31. The molecule has 0 amide bonds. The summed E-state index contributed by atoms with van der Waals surface area (Å²) in [6.07, 6.45) is 3.28. The van der Waals surface area contributed by atoms with Gasteiger partial charge in [0, 0.05) is 10.6 Å². The van der Waals surface area contributed by atoms with E-state index < -0.39 is 0 Å². The molecule has 0 aliphatic rings. The van der Waals surface area contributed by atoms with E-state index in [1.165, 1.54) is 11.8 Å². The molecular formula is C12H12Cl2N4O. The Morgan fingerprint density at radius 3 is 2.74 bits per heavy atom. The summed E-state index contributed by atoms with van der Waals surface area (Å²) in [7, 11) is 1.53. The number of nitrogen functional groups attached to an aromatic ring is 1. The lowest BCUT2D eigenvalue weighted by Crippen LogP contribution is -1.98. The maximum absolute atomic E-state index is 6.04. The zero-order valence-electron chi connectivity index (χ0n) is 10.4. The SMILES string of the molecule is COc1c(Cl)cc(Cl)cc1C=Nn1cc(C)nc1N. The van der Waals surface area contributed by atoms with Gasteiger partial charge in [0.2, 0.25) is 5.95 Å². The fourth-order valence-corrected chi connectivity index (χ4v) is 2.20. The summed E-state index contributed by atoms with van der Waals surface area (Å²) >= 11 is 12.0. The van der Waals surface area contributed by atoms with E-state index in [1.807, 2.05) is 6.92 Å². The van der Waals surface area contributed by atoms with Crippen molar-refractivity contribution in [3.8, 4) is 5.75 Å². The number of hydrogen-bond acceptors (Lipinski definition) is 4. The summed E-state index contributed by atoms with van der Waals surface area (Å²) in [5, 5.41) is 5.12. The molecule has 0 unspecified atom stereocenters. The number of nitrogens with zero attached hydrogens (tertiary/aromatic N) is 3. The van der Waals surface area contributed by atoms with Gasteiger partial charge in [0.1, 0.15) is 5.75 Å². The summed E-state index contributed by atoms with van der Waals surface area (Å²) in [5.74, 6) is 0.811. The van der Waals surface area contributed by atoms with Crippen molar-refractivity contribution in [1.82, 2.24) is 9.66 Å². The first-order valence-electron chi connectivity index (χ1n) is 5.40. The fourth-order valence-electron chi connectivity index (χ4n) is 1.61. The molecule has 0 fully saturated rings. The highest BCUT2D eigenvalue weighted by molar-refractivity contribution is 6.36. The molecule has 0 radical (unpaired) electrons. The molecule has 7 heteroatoms. The minimum Gasteiger partial charge on any atom is -0.495 e. The molecule has 0 spiro atoms. The minimum atomic E-state index is 0.306. The van der Waals surface area contributed by atoms with Crippen molar-refractivity contribution in [2.75, 3.05) is 12.8 Å². The first-order valence-corrected chi connectivity index (χ1v) is 6.15. The van der Waals surface area contributed by atoms with Crippen molar-refractivity contribution in [2.45, 2.75) is 6.92 Å². The number of rotatable bonds is 3. The summed E-state index contributed by atoms with van der Waals surface area (Å²) in [4.78, 5) is 4.04. The predicted octanol–water partition coefficient (Wildman–Crippen LogP) is 2.97. The van der Waals surface area contributed by atoms with E-state index in [4.69, 9.17) is 33.7 Å². The molecule has 0 aliphatic heterocycles. The molecule has 19 heavy (non-hydrogen) atoms. The second-order valence-electron chi connectivity index (χ2n) is 3.84. The standard InChI is InChI=1S/C12H12Cl2N4O/c1-7-6-18(12(15)17-7)16-5-8-3-9(13)4-10(14)11(8)19-2/h3-6H,1-2H3,(H2,15,17). The first kappa shape index (κ1) is 13.7. The monoisotopic (exact) mass is 298 g/mol. The number of aryl methyl sites for hydroxylation is 1. The number of benzene rings is 1. The Morgan fingerprint density at radius 2 is 2.16 bits per heavy atom. The third-order valence-corrected chi connectivity index (χ3v) is 2.90. The smallest absolute Gasteiger partial charge is 0.221 e.